The molecular weight excluding hydrogens is 303 g/mol. The largest absolute Gasteiger partial charge is 0.416 e. The molecule has 0 fully saturated rings. The van der Waals surface area contributed by atoms with Crippen molar-refractivity contribution in [1.29, 1.82) is 5.26 Å². The van der Waals surface area contributed by atoms with E-state index in [0.29, 0.717) is 11.3 Å². The maximum absolute atomic E-state index is 12.7. The van der Waals surface area contributed by atoms with Gasteiger partial charge in [0.2, 0.25) is 0 Å². The molecule has 7 heteroatoms. The number of benzene rings is 1. The van der Waals surface area contributed by atoms with Gasteiger partial charge >= 0.3 is 6.18 Å². The molecule has 3 nitrogen and oxygen atoms in total. The van der Waals surface area contributed by atoms with Crippen molar-refractivity contribution in [2.24, 2.45) is 0 Å². The molecule has 2 aromatic rings. The molecular formula is C14H9ClF3N3. The Hall–Kier alpha value is -2.26. The number of pyridine rings is 1. The number of hydrogen-bond donors (Lipinski definition) is 1. The van der Waals surface area contributed by atoms with Gasteiger partial charge in [-0.15, -0.1) is 0 Å². The normalized spacial score (nSPS) is 11.0. The first-order chi connectivity index (χ1) is 9.79. The van der Waals surface area contributed by atoms with Crippen LogP contribution in [0, 0.1) is 18.3 Å². The number of hydrogen-bond acceptors (Lipinski definition) is 3. The maximum atomic E-state index is 12.7. The van der Waals surface area contributed by atoms with E-state index >= 15 is 0 Å². The Balaban J connectivity index is 2.41. The van der Waals surface area contributed by atoms with E-state index < -0.39 is 11.7 Å². The van der Waals surface area contributed by atoms with Gasteiger partial charge in [-0.3, -0.25) is 0 Å². The van der Waals surface area contributed by atoms with E-state index in [1.54, 1.807) is 19.1 Å². The highest BCUT2D eigenvalue weighted by Crippen LogP contribution is 2.33. The third-order valence-electron chi connectivity index (χ3n) is 2.75. The van der Waals surface area contributed by atoms with Crippen molar-refractivity contribution >= 4 is 23.1 Å². The fourth-order valence-corrected chi connectivity index (χ4v) is 1.90. The molecule has 1 aromatic carbocycles. The van der Waals surface area contributed by atoms with Crippen LogP contribution in [0.25, 0.3) is 0 Å². The number of alkyl halides is 3. The molecule has 0 unspecified atom stereocenters. The first-order valence-electron chi connectivity index (χ1n) is 5.82. The summed E-state index contributed by atoms with van der Waals surface area (Å²) < 4.78 is 38.2. The summed E-state index contributed by atoms with van der Waals surface area (Å²) in [5.41, 5.74) is 0.765. The van der Waals surface area contributed by atoms with Crippen molar-refractivity contribution in [2.75, 3.05) is 5.32 Å². The Morgan fingerprint density at radius 1 is 1.24 bits per heavy atom. The maximum Gasteiger partial charge on any atom is 0.416 e. The number of aryl methyl sites for hydroxylation is 1. The van der Waals surface area contributed by atoms with Crippen LogP contribution in [-0.2, 0) is 6.18 Å². The number of anilines is 2. The van der Waals surface area contributed by atoms with Crippen LogP contribution in [0.15, 0.2) is 30.3 Å². The van der Waals surface area contributed by atoms with Gasteiger partial charge in [-0.25, -0.2) is 4.98 Å². The van der Waals surface area contributed by atoms with Crippen molar-refractivity contribution in [3.8, 4) is 6.07 Å². The van der Waals surface area contributed by atoms with E-state index in [-0.39, 0.29) is 11.0 Å². The summed E-state index contributed by atoms with van der Waals surface area (Å²) in [6, 6.07) is 8.42. The molecule has 0 aliphatic rings. The van der Waals surface area contributed by atoms with E-state index in [1.807, 2.05) is 6.07 Å². The average Bonchev–Trinajstić information content (AvgIpc) is 2.39. The van der Waals surface area contributed by atoms with E-state index in [4.69, 9.17) is 16.9 Å². The van der Waals surface area contributed by atoms with Crippen LogP contribution in [0.4, 0.5) is 24.7 Å². The number of nitriles is 1. The van der Waals surface area contributed by atoms with Gasteiger partial charge < -0.3 is 5.32 Å². The van der Waals surface area contributed by atoms with Gasteiger partial charge in [0.25, 0.3) is 0 Å². The van der Waals surface area contributed by atoms with Crippen molar-refractivity contribution in [3.05, 3.63) is 52.2 Å². The minimum atomic E-state index is -4.51. The third-order valence-corrected chi connectivity index (χ3v) is 2.94. The SMILES string of the molecule is Cc1ccc(C#N)cc1Nc1cc(C(F)(F)F)cc(Cl)n1. The van der Waals surface area contributed by atoms with Gasteiger partial charge in [-0.05, 0) is 36.8 Å². The Labute approximate surface area is 124 Å². The van der Waals surface area contributed by atoms with Gasteiger partial charge in [0, 0.05) is 5.69 Å². The number of nitrogens with one attached hydrogen (secondary N) is 1. The van der Waals surface area contributed by atoms with Crippen LogP contribution in [0.1, 0.15) is 16.7 Å². The van der Waals surface area contributed by atoms with Crippen molar-refractivity contribution in [3.63, 3.8) is 0 Å². The summed E-state index contributed by atoms with van der Waals surface area (Å²) in [4.78, 5) is 3.81. The lowest BCUT2D eigenvalue weighted by molar-refractivity contribution is -0.137. The van der Waals surface area contributed by atoms with E-state index in [9.17, 15) is 13.2 Å². The molecule has 0 aliphatic carbocycles. The molecule has 0 atom stereocenters. The molecule has 0 radical (unpaired) electrons. The smallest absolute Gasteiger partial charge is 0.340 e. The van der Waals surface area contributed by atoms with Gasteiger partial charge in [-0.2, -0.15) is 18.4 Å². The highest BCUT2D eigenvalue weighted by molar-refractivity contribution is 6.29. The van der Waals surface area contributed by atoms with Crippen LogP contribution in [0.2, 0.25) is 5.15 Å². The lowest BCUT2D eigenvalue weighted by Gasteiger charge is -2.12. The Morgan fingerprint density at radius 3 is 2.57 bits per heavy atom. The third kappa shape index (κ3) is 3.64. The van der Waals surface area contributed by atoms with Crippen LogP contribution in [-0.4, -0.2) is 4.98 Å². The Kier molecular flexibility index (Phi) is 4.05. The average molecular weight is 312 g/mol. The van der Waals surface area contributed by atoms with Gasteiger partial charge in [0.15, 0.2) is 0 Å². The number of rotatable bonds is 2. The predicted octanol–water partition coefficient (Wildman–Crippen LogP) is 4.68. The van der Waals surface area contributed by atoms with Crippen molar-refractivity contribution in [1.82, 2.24) is 4.98 Å². The fraction of sp³-hybridized carbons (Fsp3) is 0.143. The molecule has 1 heterocycles. The highest BCUT2D eigenvalue weighted by Gasteiger charge is 2.31. The van der Waals surface area contributed by atoms with Crippen molar-refractivity contribution in [2.45, 2.75) is 13.1 Å². The first-order valence-corrected chi connectivity index (χ1v) is 6.20. The minimum absolute atomic E-state index is 0.0342. The van der Waals surface area contributed by atoms with E-state index in [2.05, 4.69) is 10.3 Å². The van der Waals surface area contributed by atoms with E-state index in [1.165, 1.54) is 6.07 Å². The number of aromatic nitrogens is 1. The molecule has 0 saturated carbocycles. The van der Waals surface area contributed by atoms with E-state index in [0.717, 1.165) is 17.7 Å². The summed E-state index contributed by atoms with van der Waals surface area (Å²) in [5.74, 6) is -0.0342. The summed E-state index contributed by atoms with van der Waals surface area (Å²) >= 11 is 5.62. The molecule has 0 spiro atoms. The minimum Gasteiger partial charge on any atom is -0.340 e. The van der Waals surface area contributed by atoms with Crippen LogP contribution < -0.4 is 5.32 Å². The Morgan fingerprint density at radius 2 is 1.95 bits per heavy atom. The molecule has 21 heavy (non-hydrogen) atoms. The number of nitrogens with zero attached hydrogens (tertiary/aromatic N) is 2. The van der Waals surface area contributed by atoms with Gasteiger partial charge in [0.05, 0.1) is 17.2 Å². The molecule has 0 saturated heterocycles. The Bertz CT molecular complexity index is 720. The zero-order valence-corrected chi connectivity index (χ0v) is 11.5. The molecule has 0 aliphatic heterocycles. The second-order valence-electron chi connectivity index (χ2n) is 4.33. The molecule has 1 N–H and O–H groups in total. The van der Waals surface area contributed by atoms with Gasteiger partial charge in [-0.1, -0.05) is 17.7 Å². The molecule has 1 aromatic heterocycles. The molecule has 0 amide bonds. The first kappa shape index (κ1) is 15.1. The quantitative estimate of drug-likeness (QED) is 0.819. The molecule has 108 valence electrons. The zero-order valence-electron chi connectivity index (χ0n) is 10.8. The molecule has 0 bridgehead atoms. The molecule has 2 rings (SSSR count). The predicted molar refractivity (Wildman–Crippen MR) is 73.4 cm³/mol. The summed E-state index contributed by atoms with van der Waals surface area (Å²) in [6.07, 6.45) is -4.51. The van der Waals surface area contributed by atoms with Crippen LogP contribution in [0.5, 0.6) is 0 Å². The summed E-state index contributed by atoms with van der Waals surface area (Å²) in [7, 11) is 0. The monoisotopic (exact) mass is 311 g/mol. The second kappa shape index (κ2) is 5.62. The van der Waals surface area contributed by atoms with Crippen molar-refractivity contribution < 1.29 is 13.2 Å². The highest BCUT2D eigenvalue weighted by atomic mass is 35.5. The topological polar surface area (TPSA) is 48.7 Å². The lowest BCUT2D eigenvalue weighted by atomic mass is 10.1. The standard InChI is InChI=1S/C14H9ClF3N3/c1-8-2-3-9(7-19)4-11(8)20-13-6-10(14(16,17)18)5-12(15)21-13/h2-6H,1H3,(H,20,21). The second-order valence-corrected chi connectivity index (χ2v) is 4.72. The van der Waals surface area contributed by atoms with Crippen LogP contribution >= 0.6 is 11.6 Å². The summed E-state index contributed by atoms with van der Waals surface area (Å²) in [5, 5.41) is 11.3. The van der Waals surface area contributed by atoms with Gasteiger partial charge in [0.1, 0.15) is 11.0 Å². The van der Waals surface area contributed by atoms with Crippen LogP contribution in [0.3, 0.4) is 0 Å². The fourth-order valence-electron chi connectivity index (χ4n) is 1.69. The summed E-state index contributed by atoms with van der Waals surface area (Å²) in [6.45, 7) is 1.76. The zero-order chi connectivity index (χ0) is 15.6. The number of halogens is 4. The lowest BCUT2D eigenvalue weighted by Crippen LogP contribution is -2.07.